The highest BCUT2D eigenvalue weighted by Crippen LogP contribution is 2.44. The second-order valence-corrected chi connectivity index (χ2v) is 16.7. The Kier molecular flexibility index (Phi) is 9.74. The molecule has 0 saturated heterocycles. The van der Waals surface area contributed by atoms with Crippen LogP contribution in [-0.4, -0.2) is 19.1 Å². The molecule has 0 amide bonds. The maximum absolute atomic E-state index is 16.0. The van der Waals surface area contributed by atoms with Crippen LogP contribution in [-0.2, 0) is 0 Å². The third kappa shape index (κ3) is 6.66. The van der Waals surface area contributed by atoms with Crippen LogP contribution in [0.4, 0.5) is 22.0 Å². The van der Waals surface area contributed by atoms with Gasteiger partial charge in [0, 0.05) is 50.6 Å². The van der Waals surface area contributed by atoms with Crippen LogP contribution in [0.25, 0.3) is 111 Å². The van der Waals surface area contributed by atoms with E-state index < -0.39 is 40.2 Å². The van der Waals surface area contributed by atoms with Gasteiger partial charge < -0.3 is 9.13 Å². The lowest BCUT2D eigenvalue weighted by Crippen LogP contribution is -2.08. The van der Waals surface area contributed by atoms with Gasteiger partial charge in [0.1, 0.15) is 0 Å². The Balaban J connectivity index is 1.14. The highest BCUT2D eigenvalue weighted by Gasteiger charge is 2.30. The quantitative estimate of drug-likeness (QED) is 0.0909. The summed E-state index contributed by atoms with van der Waals surface area (Å²) in [5.74, 6) is -10.6. The molecule has 0 atom stereocenters. The normalized spacial score (nSPS) is 11.5. The van der Waals surface area contributed by atoms with E-state index in [0.717, 1.165) is 77.3 Å². The van der Waals surface area contributed by atoms with Gasteiger partial charge in [0.15, 0.2) is 23.3 Å². The van der Waals surface area contributed by atoms with Crippen LogP contribution < -0.4 is 0 Å². The minimum Gasteiger partial charge on any atom is -0.307 e. The first-order valence-electron chi connectivity index (χ1n) is 22.0. The fourth-order valence-corrected chi connectivity index (χ4v) is 9.65. The van der Waals surface area contributed by atoms with Gasteiger partial charge in [0.2, 0.25) is 5.82 Å². The summed E-state index contributed by atoms with van der Waals surface area (Å²) in [5, 5.41) is 14.2. The predicted molar refractivity (Wildman–Crippen MR) is 262 cm³/mol. The molecule has 0 aliphatic heterocycles. The van der Waals surface area contributed by atoms with Crippen molar-refractivity contribution in [2.75, 3.05) is 0 Å². The summed E-state index contributed by atoms with van der Waals surface area (Å²) >= 11 is 0. The number of benzene rings is 8. The molecule has 12 rings (SSSR count). The van der Waals surface area contributed by atoms with Crippen LogP contribution >= 0.6 is 0 Å². The molecule has 0 spiro atoms. The van der Waals surface area contributed by atoms with E-state index in [1.54, 1.807) is 12.4 Å². The molecule has 8 aromatic carbocycles. The standard InChI is InChI=1S/C59H32F5N5/c60-55-54(56(61)58(63)59(64)57(55)62)43-32-53(69-49-18-10-8-16-42(49)45-28-37(20-22-51(45)69)39-24-26-67-47(30-39)35-13-5-2-6-14-35)52(31-40(43)33-65)68-48-17-9-7-15-41(48)44-27-36(19-21-50(44)68)38-23-25-66-46(29-38)34-11-3-1-4-12-34/h1-32H. The average Bonchev–Trinajstić information content (AvgIpc) is 3.92. The van der Waals surface area contributed by atoms with E-state index in [0.29, 0.717) is 22.4 Å². The van der Waals surface area contributed by atoms with Crippen molar-refractivity contribution in [2.24, 2.45) is 0 Å². The lowest BCUT2D eigenvalue weighted by atomic mass is 9.96. The van der Waals surface area contributed by atoms with Gasteiger partial charge in [0.25, 0.3) is 0 Å². The summed E-state index contributed by atoms with van der Waals surface area (Å²) < 4.78 is 80.5. The smallest absolute Gasteiger partial charge is 0.200 e. The Morgan fingerprint density at radius 2 is 0.768 bits per heavy atom. The van der Waals surface area contributed by atoms with Gasteiger partial charge >= 0.3 is 0 Å². The van der Waals surface area contributed by atoms with Crippen LogP contribution in [0.2, 0.25) is 0 Å². The highest BCUT2D eigenvalue weighted by atomic mass is 19.2. The van der Waals surface area contributed by atoms with Gasteiger partial charge in [-0.1, -0.05) is 109 Å². The van der Waals surface area contributed by atoms with Crippen molar-refractivity contribution >= 4 is 43.6 Å². The molecular weight excluding hydrogens is 874 g/mol. The Hall–Kier alpha value is -9.20. The number of para-hydroxylation sites is 2. The molecule has 0 unspecified atom stereocenters. The number of fused-ring (bicyclic) bond motifs is 6. The molecule has 0 bridgehead atoms. The molecule has 0 fully saturated rings. The van der Waals surface area contributed by atoms with Crippen molar-refractivity contribution in [1.29, 1.82) is 5.26 Å². The lowest BCUT2D eigenvalue weighted by Gasteiger charge is -2.20. The second-order valence-electron chi connectivity index (χ2n) is 16.7. The van der Waals surface area contributed by atoms with E-state index in [1.165, 1.54) is 12.1 Å². The Labute approximate surface area is 390 Å². The van der Waals surface area contributed by atoms with Crippen molar-refractivity contribution in [3.05, 3.63) is 229 Å². The Bertz CT molecular complexity index is 4070. The number of nitrogens with zero attached hydrogens (tertiary/aromatic N) is 5. The molecule has 0 aliphatic carbocycles. The van der Waals surface area contributed by atoms with E-state index in [4.69, 9.17) is 0 Å². The average molecular weight is 906 g/mol. The molecule has 12 aromatic rings. The maximum Gasteiger partial charge on any atom is 0.200 e. The molecule has 69 heavy (non-hydrogen) atoms. The number of aromatic nitrogens is 4. The summed E-state index contributed by atoms with van der Waals surface area (Å²) in [5.41, 5.74) is 8.84. The molecular formula is C59H32F5N5. The Morgan fingerprint density at radius 3 is 1.25 bits per heavy atom. The monoisotopic (exact) mass is 905 g/mol. The van der Waals surface area contributed by atoms with Crippen LogP contribution in [0.15, 0.2) is 194 Å². The molecule has 0 aliphatic rings. The molecule has 4 aromatic heterocycles. The van der Waals surface area contributed by atoms with Crippen LogP contribution in [0.1, 0.15) is 5.56 Å². The Morgan fingerprint density at radius 1 is 0.362 bits per heavy atom. The molecule has 328 valence electrons. The van der Waals surface area contributed by atoms with Crippen molar-refractivity contribution in [3.63, 3.8) is 0 Å². The van der Waals surface area contributed by atoms with E-state index in [1.807, 2.05) is 173 Å². The molecule has 10 heteroatoms. The zero-order valence-corrected chi connectivity index (χ0v) is 36.1. The fourth-order valence-electron chi connectivity index (χ4n) is 9.65. The van der Waals surface area contributed by atoms with Crippen molar-refractivity contribution in [2.45, 2.75) is 0 Å². The highest BCUT2D eigenvalue weighted by molar-refractivity contribution is 6.13. The first-order valence-corrected chi connectivity index (χ1v) is 22.0. The van der Waals surface area contributed by atoms with Crippen molar-refractivity contribution in [3.8, 4) is 73.3 Å². The van der Waals surface area contributed by atoms with Crippen molar-refractivity contribution in [1.82, 2.24) is 19.1 Å². The van der Waals surface area contributed by atoms with Gasteiger partial charge in [-0.15, -0.1) is 0 Å². The van der Waals surface area contributed by atoms with Crippen LogP contribution in [0, 0.1) is 40.4 Å². The number of hydrogen-bond donors (Lipinski definition) is 0. The maximum atomic E-state index is 16.0. The molecule has 0 N–H and O–H groups in total. The van der Waals surface area contributed by atoms with Gasteiger partial charge in [-0.2, -0.15) is 5.26 Å². The number of hydrogen-bond acceptors (Lipinski definition) is 3. The van der Waals surface area contributed by atoms with Crippen LogP contribution in [0.5, 0.6) is 0 Å². The van der Waals surface area contributed by atoms with E-state index >= 15 is 17.6 Å². The summed E-state index contributed by atoms with van der Waals surface area (Å²) in [6, 6.07) is 60.1. The number of pyridine rings is 2. The SMILES string of the molecule is N#Cc1cc(-n2c3ccccc3c3cc(-c4ccnc(-c5ccccc5)c4)ccc32)c(-n2c3ccccc3c3cc(-c4ccnc(-c5ccccc5)c4)ccc32)cc1-c1c(F)c(F)c(F)c(F)c1F. The van der Waals surface area contributed by atoms with E-state index in [2.05, 4.69) is 22.1 Å². The lowest BCUT2D eigenvalue weighted by molar-refractivity contribution is 0.381. The molecule has 0 saturated carbocycles. The summed E-state index contributed by atoms with van der Waals surface area (Å²) in [4.78, 5) is 9.26. The molecule has 4 heterocycles. The minimum atomic E-state index is -2.29. The van der Waals surface area contributed by atoms with Gasteiger partial charge in [-0.25, -0.2) is 22.0 Å². The summed E-state index contributed by atoms with van der Waals surface area (Å²) in [7, 11) is 0. The largest absolute Gasteiger partial charge is 0.307 e. The van der Waals surface area contributed by atoms with Gasteiger partial charge in [0.05, 0.1) is 62.0 Å². The van der Waals surface area contributed by atoms with E-state index in [9.17, 15) is 9.65 Å². The van der Waals surface area contributed by atoms with Gasteiger partial charge in [-0.05, 0) is 95.1 Å². The third-order valence-corrected chi connectivity index (χ3v) is 12.9. The first kappa shape index (κ1) is 41.2. The zero-order valence-electron chi connectivity index (χ0n) is 36.1. The number of halogens is 5. The predicted octanol–water partition coefficient (Wildman–Crippen LogP) is 15.6. The third-order valence-electron chi connectivity index (χ3n) is 12.9. The summed E-state index contributed by atoms with van der Waals surface area (Å²) in [6.07, 6.45) is 3.55. The second kappa shape index (κ2) is 16.3. The van der Waals surface area contributed by atoms with Gasteiger partial charge in [-0.3, -0.25) is 9.97 Å². The van der Waals surface area contributed by atoms with E-state index in [-0.39, 0.29) is 5.56 Å². The molecule has 0 radical (unpaired) electrons. The number of rotatable bonds is 7. The van der Waals surface area contributed by atoms with Crippen LogP contribution in [0.3, 0.4) is 0 Å². The minimum absolute atomic E-state index is 0.306. The molecule has 5 nitrogen and oxygen atoms in total. The topological polar surface area (TPSA) is 59.4 Å². The first-order chi connectivity index (χ1) is 33.8. The fraction of sp³-hybridized carbons (Fsp3) is 0. The zero-order chi connectivity index (χ0) is 46.9. The van der Waals surface area contributed by atoms with Crippen molar-refractivity contribution < 1.29 is 22.0 Å². The number of nitriles is 1. The summed E-state index contributed by atoms with van der Waals surface area (Å²) in [6.45, 7) is 0.